The number of halogens is 1. The number of hydrogen-bond acceptors (Lipinski definition) is 4. The molecule has 0 aliphatic rings. The van der Waals surface area contributed by atoms with Gasteiger partial charge in [0, 0.05) is 28.0 Å². The van der Waals surface area contributed by atoms with E-state index in [2.05, 4.69) is 38.5 Å². The summed E-state index contributed by atoms with van der Waals surface area (Å²) in [6.07, 6.45) is 5.40. The van der Waals surface area contributed by atoms with E-state index in [0.717, 1.165) is 32.6 Å². The average Bonchev–Trinajstić information content (AvgIpc) is 3.32. The van der Waals surface area contributed by atoms with Gasteiger partial charge in [0.05, 0.1) is 22.6 Å². The van der Waals surface area contributed by atoms with Crippen molar-refractivity contribution in [3.8, 4) is 10.4 Å². The predicted molar refractivity (Wildman–Crippen MR) is 109 cm³/mol. The number of H-pyrrole nitrogens is 1. The van der Waals surface area contributed by atoms with Gasteiger partial charge in [0.2, 0.25) is 0 Å². The van der Waals surface area contributed by atoms with Gasteiger partial charge in [0.25, 0.3) is 0 Å². The zero-order valence-corrected chi connectivity index (χ0v) is 15.1. The Balaban J connectivity index is 1.60. The van der Waals surface area contributed by atoms with Gasteiger partial charge in [0.1, 0.15) is 10.5 Å². The number of benzene rings is 1. The molecule has 4 aromatic heterocycles. The van der Waals surface area contributed by atoms with Crippen LogP contribution in [0.4, 0.5) is 11.4 Å². The SMILES string of the molecule is Clc1c(Nc2ccnc3sc(-c4ccccc4)cc23)cnc2[nH]ccc12. The lowest BCUT2D eigenvalue weighted by Crippen LogP contribution is -1.93. The van der Waals surface area contributed by atoms with Crippen LogP contribution in [0.15, 0.2) is 67.1 Å². The van der Waals surface area contributed by atoms with Gasteiger partial charge in [-0.05, 0) is 23.8 Å². The Kier molecular flexibility index (Phi) is 3.62. The number of nitrogens with one attached hydrogen (secondary N) is 2. The van der Waals surface area contributed by atoms with Gasteiger partial charge >= 0.3 is 0 Å². The molecule has 0 spiro atoms. The van der Waals surface area contributed by atoms with E-state index in [1.54, 1.807) is 17.5 Å². The summed E-state index contributed by atoms with van der Waals surface area (Å²) < 4.78 is 0. The summed E-state index contributed by atoms with van der Waals surface area (Å²) in [7, 11) is 0. The molecular weight excluding hydrogens is 364 g/mol. The molecule has 0 saturated heterocycles. The van der Waals surface area contributed by atoms with E-state index in [0.29, 0.717) is 5.02 Å². The van der Waals surface area contributed by atoms with Gasteiger partial charge in [-0.3, -0.25) is 0 Å². The molecule has 0 bridgehead atoms. The van der Waals surface area contributed by atoms with Crippen LogP contribution < -0.4 is 5.32 Å². The van der Waals surface area contributed by atoms with Crippen molar-refractivity contribution in [3.63, 3.8) is 0 Å². The number of hydrogen-bond donors (Lipinski definition) is 2. The minimum absolute atomic E-state index is 0.653. The average molecular weight is 377 g/mol. The van der Waals surface area contributed by atoms with E-state index in [1.165, 1.54) is 10.4 Å². The first kappa shape index (κ1) is 15.4. The quantitative estimate of drug-likeness (QED) is 0.392. The van der Waals surface area contributed by atoms with Crippen molar-refractivity contribution < 1.29 is 0 Å². The third-order valence-corrected chi connectivity index (χ3v) is 5.78. The number of aromatic nitrogens is 3. The number of fused-ring (bicyclic) bond motifs is 2. The Labute approximate surface area is 158 Å². The van der Waals surface area contributed by atoms with Gasteiger partial charge in [-0.1, -0.05) is 41.9 Å². The minimum atomic E-state index is 0.653. The number of pyridine rings is 2. The molecule has 6 heteroatoms. The summed E-state index contributed by atoms with van der Waals surface area (Å²) in [5.41, 5.74) is 3.71. The molecule has 1 aromatic carbocycles. The highest BCUT2D eigenvalue weighted by Crippen LogP contribution is 2.38. The molecule has 0 atom stereocenters. The zero-order chi connectivity index (χ0) is 17.5. The van der Waals surface area contributed by atoms with Crippen LogP contribution in [0.2, 0.25) is 5.02 Å². The summed E-state index contributed by atoms with van der Waals surface area (Å²) in [6.45, 7) is 0. The number of anilines is 2. The molecule has 26 heavy (non-hydrogen) atoms. The fourth-order valence-electron chi connectivity index (χ4n) is 3.00. The number of rotatable bonds is 3. The second-order valence-electron chi connectivity index (χ2n) is 5.90. The Morgan fingerprint density at radius 3 is 2.73 bits per heavy atom. The molecule has 0 aliphatic carbocycles. The summed E-state index contributed by atoms with van der Waals surface area (Å²) in [4.78, 5) is 14.2. The Bertz CT molecular complexity index is 1230. The van der Waals surface area contributed by atoms with E-state index in [4.69, 9.17) is 11.6 Å². The highest BCUT2D eigenvalue weighted by Gasteiger charge is 2.12. The van der Waals surface area contributed by atoms with Gasteiger partial charge in [-0.15, -0.1) is 11.3 Å². The van der Waals surface area contributed by atoms with Crippen LogP contribution in [-0.2, 0) is 0 Å². The van der Waals surface area contributed by atoms with E-state index in [-0.39, 0.29) is 0 Å². The van der Waals surface area contributed by atoms with Crippen LogP contribution >= 0.6 is 22.9 Å². The van der Waals surface area contributed by atoms with Crippen LogP contribution in [-0.4, -0.2) is 15.0 Å². The van der Waals surface area contributed by atoms with Crippen molar-refractivity contribution >= 4 is 55.6 Å². The lowest BCUT2D eigenvalue weighted by atomic mass is 10.1. The van der Waals surface area contributed by atoms with Crippen LogP contribution in [0.25, 0.3) is 31.7 Å². The highest BCUT2D eigenvalue weighted by molar-refractivity contribution is 7.21. The van der Waals surface area contributed by atoms with Crippen molar-refractivity contribution in [1.82, 2.24) is 15.0 Å². The maximum absolute atomic E-state index is 6.55. The molecule has 2 N–H and O–H groups in total. The molecule has 0 aliphatic heterocycles. The first-order chi connectivity index (χ1) is 12.8. The Morgan fingerprint density at radius 1 is 0.962 bits per heavy atom. The topological polar surface area (TPSA) is 53.6 Å². The van der Waals surface area contributed by atoms with Crippen molar-refractivity contribution in [2.45, 2.75) is 0 Å². The van der Waals surface area contributed by atoms with E-state index in [9.17, 15) is 0 Å². The van der Waals surface area contributed by atoms with Gasteiger partial charge in [-0.25, -0.2) is 9.97 Å². The molecule has 0 fully saturated rings. The molecule has 0 saturated carbocycles. The van der Waals surface area contributed by atoms with Crippen LogP contribution in [0.1, 0.15) is 0 Å². The largest absolute Gasteiger partial charge is 0.352 e. The predicted octanol–water partition coefficient (Wildman–Crippen LogP) is 6.24. The lowest BCUT2D eigenvalue weighted by Gasteiger charge is -2.09. The van der Waals surface area contributed by atoms with Crippen molar-refractivity contribution in [2.24, 2.45) is 0 Å². The minimum Gasteiger partial charge on any atom is -0.352 e. The van der Waals surface area contributed by atoms with Crippen LogP contribution in [0.5, 0.6) is 0 Å². The maximum Gasteiger partial charge on any atom is 0.138 e. The van der Waals surface area contributed by atoms with Crippen molar-refractivity contribution in [2.75, 3.05) is 5.32 Å². The summed E-state index contributed by atoms with van der Waals surface area (Å²) in [5, 5.41) is 6.04. The molecule has 5 aromatic rings. The molecule has 0 amide bonds. The molecular formula is C20H13ClN4S. The fourth-order valence-corrected chi connectivity index (χ4v) is 4.28. The summed E-state index contributed by atoms with van der Waals surface area (Å²) in [5.74, 6) is 0. The molecule has 4 nitrogen and oxygen atoms in total. The second kappa shape index (κ2) is 6.12. The van der Waals surface area contributed by atoms with Crippen LogP contribution in [0, 0.1) is 0 Å². The Morgan fingerprint density at radius 2 is 1.85 bits per heavy atom. The lowest BCUT2D eigenvalue weighted by molar-refractivity contribution is 1.32. The first-order valence-electron chi connectivity index (χ1n) is 8.12. The monoisotopic (exact) mass is 376 g/mol. The molecule has 4 heterocycles. The standard InChI is InChI=1S/C20H13ClN4S/c21-18-13-6-8-22-19(13)24-11-16(18)25-15-7-9-23-20-14(15)10-17(26-20)12-4-2-1-3-5-12/h1-11H,(H,22,24)(H,23,25). The first-order valence-corrected chi connectivity index (χ1v) is 9.31. The molecule has 0 radical (unpaired) electrons. The second-order valence-corrected chi connectivity index (χ2v) is 7.31. The molecule has 5 rings (SSSR count). The number of nitrogens with zero attached hydrogens (tertiary/aromatic N) is 2. The maximum atomic E-state index is 6.55. The summed E-state index contributed by atoms with van der Waals surface area (Å²) in [6, 6.07) is 16.4. The van der Waals surface area contributed by atoms with Gasteiger partial charge < -0.3 is 10.3 Å². The van der Waals surface area contributed by atoms with E-state index in [1.807, 2.05) is 42.7 Å². The third kappa shape index (κ3) is 2.53. The molecule has 0 unspecified atom stereocenters. The van der Waals surface area contributed by atoms with E-state index < -0.39 is 0 Å². The number of aromatic amines is 1. The fraction of sp³-hybridized carbons (Fsp3) is 0. The van der Waals surface area contributed by atoms with Crippen molar-refractivity contribution in [3.05, 3.63) is 72.1 Å². The van der Waals surface area contributed by atoms with Gasteiger partial charge in [0.15, 0.2) is 0 Å². The third-order valence-electron chi connectivity index (χ3n) is 4.28. The number of thiophene rings is 1. The normalized spacial score (nSPS) is 11.3. The molecule has 126 valence electrons. The van der Waals surface area contributed by atoms with Crippen molar-refractivity contribution in [1.29, 1.82) is 0 Å². The summed E-state index contributed by atoms with van der Waals surface area (Å²) >= 11 is 8.23. The van der Waals surface area contributed by atoms with E-state index >= 15 is 0 Å². The zero-order valence-electron chi connectivity index (χ0n) is 13.5. The smallest absolute Gasteiger partial charge is 0.138 e. The van der Waals surface area contributed by atoms with Crippen LogP contribution in [0.3, 0.4) is 0 Å². The Hall–Kier alpha value is -2.89. The highest BCUT2D eigenvalue weighted by atomic mass is 35.5. The van der Waals surface area contributed by atoms with Gasteiger partial charge in [-0.2, -0.15) is 0 Å².